The molecular formula is C51H55ClFN5O6. The molecule has 1 spiro atoms. The van der Waals surface area contributed by atoms with Crippen LogP contribution in [0.5, 0.6) is 5.75 Å². The minimum atomic E-state index is -1.07. The molecule has 4 aromatic rings. The van der Waals surface area contributed by atoms with Crippen LogP contribution in [0.1, 0.15) is 99.9 Å². The number of rotatable bonds is 14. The van der Waals surface area contributed by atoms with Crippen molar-refractivity contribution < 1.29 is 33.5 Å². The number of piperidine rings is 2. The summed E-state index contributed by atoms with van der Waals surface area (Å²) < 4.78 is 14.0. The molecule has 0 aromatic heterocycles. The first-order valence-corrected chi connectivity index (χ1v) is 22.9. The van der Waals surface area contributed by atoms with Gasteiger partial charge in [0.1, 0.15) is 23.9 Å². The number of carbonyl (C=O) groups excluding carboxylic acids is 5. The highest BCUT2D eigenvalue weighted by Crippen LogP contribution is 2.43. The number of benzene rings is 4. The predicted molar refractivity (Wildman–Crippen MR) is 246 cm³/mol. The van der Waals surface area contributed by atoms with Gasteiger partial charge in [-0.2, -0.15) is 0 Å². The number of aromatic hydroxyl groups is 1. The largest absolute Gasteiger partial charge is 0.508 e. The van der Waals surface area contributed by atoms with Gasteiger partial charge in [-0.25, -0.2) is 4.39 Å². The number of hydrogen-bond acceptors (Lipinski definition) is 8. The summed E-state index contributed by atoms with van der Waals surface area (Å²) in [5.74, 6) is -1.05. The summed E-state index contributed by atoms with van der Waals surface area (Å²) in [6, 6.07) is 24.9. The molecule has 4 aliphatic rings. The number of hydrogen-bond donors (Lipinski definition) is 2. The van der Waals surface area contributed by atoms with Gasteiger partial charge >= 0.3 is 0 Å². The second-order valence-corrected chi connectivity index (χ2v) is 18.0. The van der Waals surface area contributed by atoms with Gasteiger partial charge in [0.25, 0.3) is 11.8 Å². The van der Waals surface area contributed by atoms with E-state index in [0.717, 1.165) is 108 Å². The van der Waals surface area contributed by atoms with Crippen molar-refractivity contribution in [2.24, 2.45) is 5.41 Å². The molecule has 0 saturated carbocycles. The predicted octanol–water partition coefficient (Wildman–Crippen LogP) is 7.47. The minimum Gasteiger partial charge on any atom is -0.508 e. The van der Waals surface area contributed by atoms with Crippen LogP contribution in [0.3, 0.4) is 0 Å². The van der Waals surface area contributed by atoms with Crippen LogP contribution in [0.2, 0.25) is 0 Å². The van der Waals surface area contributed by atoms with Crippen molar-refractivity contribution in [1.82, 2.24) is 20.0 Å². The van der Waals surface area contributed by atoms with E-state index in [1.807, 2.05) is 29.2 Å². The number of alkyl halides is 1. The fourth-order valence-electron chi connectivity index (χ4n) is 10.1. The number of aldehydes is 1. The van der Waals surface area contributed by atoms with Gasteiger partial charge in [-0.05, 0) is 144 Å². The summed E-state index contributed by atoms with van der Waals surface area (Å²) in [5, 5.41) is 12.6. The zero-order valence-corrected chi connectivity index (χ0v) is 37.0. The lowest BCUT2D eigenvalue weighted by Gasteiger charge is -2.47. The highest BCUT2D eigenvalue weighted by molar-refractivity contribution is 6.23. The third-order valence-corrected chi connectivity index (χ3v) is 14.1. The van der Waals surface area contributed by atoms with Crippen LogP contribution in [-0.2, 0) is 27.3 Å². The maximum absolute atomic E-state index is 14.0. The molecule has 4 aliphatic heterocycles. The second kappa shape index (κ2) is 19.5. The van der Waals surface area contributed by atoms with Gasteiger partial charge in [-0.3, -0.25) is 29.0 Å². The number of imide groups is 1. The Balaban J connectivity index is 0.873. The quantitative estimate of drug-likeness (QED) is 0.0578. The molecule has 11 nitrogen and oxygen atoms in total. The molecule has 13 heteroatoms. The normalized spacial score (nSPS) is 18.1. The minimum absolute atomic E-state index is 0.0433. The maximum Gasteiger partial charge on any atom is 0.262 e. The molecule has 4 heterocycles. The van der Waals surface area contributed by atoms with E-state index in [9.17, 15) is 33.5 Å². The summed E-state index contributed by atoms with van der Waals surface area (Å²) in [4.78, 5) is 71.9. The molecule has 2 saturated heterocycles. The fraction of sp³-hybridized carbons (Fsp3) is 0.392. The Kier molecular flexibility index (Phi) is 13.6. The number of fused-ring (bicyclic) bond motifs is 2. The van der Waals surface area contributed by atoms with Gasteiger partial charge in [0, 0.05) is 64.3 Å². The number of likely N-dealkylation sites (tertiary alicyclic amines) is 1. The lowest BCUT2D eigenvalue weighted by atomic mass is 9.71. The molecule has 64 heavy (non-hydrogen) atoms. The van der Waals surface area contributed by atoms with Crippen molar-refractivity contribution in [3.05, 3.63) is 130 Å². The summed E-state index contributed by atoms with van der Waals surface area (Å²) in [7, 11) is 1.44. The third-order valence-electron chi connectivity index (χ3n) is 13.8. The van der Waals surface area contributed by atoms with Crippen LogP contribution >= 0.6 is 11.6 Å². The number of halogens is 2. The molecule has 4 amide bonds. The zero-order chi connectivity index (χ0) is 45.0. The van der Waals surface area contributed by atoms with Gasteiger partial charge in [-0.15, -0.1) is 11.6 Å². The molecule has 2 N–H and O–H groups in total. The number of nitrogens with one attached hydrogen (secondary N) is 1. The molecule has 1 atom stereocenters. The second-order valence-electron chi connectivity index (χ2n) is 17.6. The third kappa shape index (κ3) is 9.35. The first kappa shape index (κ1) is 44.7. The van der Waals surface area contributed by atoms with Crippen molar-refractivity contribution in [2.75, 3.05) is 57.1 Å². The van der Waals surface area contributed by atoms with Crippen LogP contribution < -0.4 is 10.2 Å². The standard InChI is InChI=1S/C51H55ClFN5O6/c1-54-48(62)45(5-3-29-59)58-49(63)43-30-37-18-24-55(32-38(37)31-44(43)50(58)64)33-46(61)57-27-21-51(22-28-57)19-25-56(26-20-51)40-14-8-35(9-15-40)47(36-10-16-41(60)17-11-36)42(4-2-23-52)34-6-12-39(53)13-7-34/h6-17,29-31,45,60H,2-5,18-28,32-33H2,1H3,(H,54,62)/b47-42+. The molecule has 2 fully saturated rings. The number of nitrogens with zero attached hydrogens (tertiary/aromatic N) is 4. The molecule has 334 valence electrons. The smallest absolute Gasteiger partial charge is 0.262 e. The molecular weight excluding hydrogens is 833 g/mol. The Morgan fingerprint density at radius 3 is 2.03 bits per heavy atom. The van der Waals surface area contributed by atoms with Gasteiger partial charge in [0.05, 0.1) is 17.7 Å². The number of amides is 4. The molecule has 0 bridgehead atoms. The summed E-state index contributed by atoms with van der Waals surface area (Å²) in [5.41, 5.74) is 8.76. The average Bonchev–Trinajstić information content (AvgIpc) is 3.55. The van der Waals surface area contributed by atoms with Gasteiger partial charge in [-0.1, -0.05) is 36.4 Å². The molecule has 4 aromatic carbocycles. The van der Waals surface area contributed by atoms with E-state index in [1.54, 1.807) is 24.3 Å². The van der Waals surface area contributed by atoms with Crippen molar-refractivity contribution in [1.29, 1.82) is 0 Å². The van der Waals surface area contributed by atoms with E-state index in [0.29, 0.717) is 38.1 Å². The van der Waals surface area contributed by atoms with E-state index >= 15 is 0 Å². The Hall–Kier alpha value is -5.85. The molecule has 8 rings (SSSR count). The van der Waals surface area contributed by atoms with Crippen LogP contribution in [0, 0.1) is 11.2 Å². The number of likely N-dealkylation sites (N-methyl/N-ethyl adjacent to an activating group) is 1. The van der Waals surface area contributed by atoms with Crippen LogP contribution in [-0.4, -0.2) is 108 Å². The number of carbonyl (C=O) groups is 5. The van der Waals surface area contributed by atoms with Crippen molar-refractivity contribution in [3.63, 3.8) is 0 Å². The first-order chi connectivity index (χ1) is 31.0. The molecule has 0 aliphatic carbocycles. The fourth-order valence-corrected chi connectivity index (χ4v) is 10.2. The summed E-state index contributed by atoms with van der Waals surface area (Å²) in [6.07, 6.45) is 6.90. The van der Waals surface area contributed by atoms with E-state index in [2.05, 4.69) is 39.4 Å². The van der Waals surface area contributed by atoms with Crippen molar-refractivity contribution in [2.45, 2.75) is 70.4 Å². The van der Waals surface area contributed by atoms with Crippen molar-refractivity contribution >= 4 is 58.3 Å². The molecule has 1 unspecified atom stereocenters. The average molecular weight is 888 g/mol. The van der Waals surface area contributed by atoms with Crippen LogP contribution in [0.4, 0.5) is 10.1 Å². The lowest BCUT2D eigenvalue weighted by molar-refractivity contribution is -0.135. The number of phenols is 1. The van der Waals surface area contributed by atoms with E-state index in [1.165, 1.54) is 19.2 Å². The van der Waals surface area contributed by atoms with E-state index < -0.39 is 23.8 Å². The number of phenolic OH excluding ortho intramolecular Hbond substituents is 1. The Morgan fingerprint density at radius 2 is 1.42 bits per heavy atom. The topological polar surface area (TPSA) is 131 Å². The lowest BCUT2D eigenvalue weighted by Crippen LogP contribution is -2.50. The zero-order valence-electron chi connectivity index (χ0n) is 36.3. The van der Waals surface area contributed by atoms with E-state index in [-0.39, 0.29) is 53.4 Å². The summed E-state index contributed by atoms with van der Waals surface area (Å²) >= 11 is 6.18. The van der Waals surface area contributed by atoms with Crippen LogP contribution in [0.25, 0.3) is 11.1 Å². The molecule has 0 radical (unpaired) electrons. The summed E-state index contributed by atoms with van der Waals surface area (Å²) in [6.45, 7) is 4.71. The Bertz CT molecular complexity index is 2420. The van der Waals surface area contributed by atoms with Crippen LogP contribution in [0.15, 0.2) is 84.9 Å². The highest BCUT2D eigenvalue weighted by atomic mass is 35.5. The number of anilines is 1. The Morgan fingerprint density at radius 1 is 0.828 bits per heavy atom. The van der Waals surface area contributed by atoms with Gasteiger partial charge in [0.15, 0.2) is 0 Å². The maximum atomic E-state index is 14.0. The Labute approximate surface area is 378 Å². The SMILES string of the molecule is CNC(=O)C(CCC=O)N1C(=O)c2cc3c(cc2C1=O)CN(CC(=O)N1CCC2(CC1)CCN(c1ccc(/C(=C(/CCCCl)c4ccc(F)cc4)c4ccc(O)cc4)cc1)CC2)CC3. The first-order valence-electron chi connectivity index (χ1n) is 22.4. The number of allylic oxidation sites excluding steroid dienone is 1. The van der Waals surface area contributed by atoms with E-state index in [4.69, 9.17) is 11.6 Å². The van der Waals surface area contributed by atoms with Gasteiger partial charge < -0.3 is 25.0 Å². The highest BCUT2D eigenvalue weighted by Gasteiger charge is 2.44. The van der Waals surface area contributed by atoms with Crippen molar-refractivity contribution in [3.8, 4) is 5.75 Å². The monoisotopic (exact) mass is 887 g/mol. The van der Waals surface area contributed by atoms with Gasteiger partial charge in [0.2, 0.25) is 11.8 Å².